The van der Waals surface area contributed by atoms with Crippen LogP contribution in [-0.4, -0.2) is 39.9 Å². The normalized spacial score (nSPS) is 12.2. The van der Waals surface area contributed by atoms with E-state index < -0.39 is 23.7 Å². The summed E-state index contributed by atoms with van der Waals surface area (Å²) in [5, 5.41) is 2.55. The molecule has 0 aliphatic rings. The minimum absolute atomic E-state index is 0.179. The lowest BCUT2D eigenvalue weighted by molar-refractivity contribution is -0.143. The van der Waals surface area contributed by atoms with Crippen molar-refractivity contribution in [2.75, 3.05) is 7.11 Å². The van der Waals surface area contributed by atoms with Crippen LogP contribution in [0.4, 0.5) is 4.79 Å². The van der Waals surface area contributed by atoms with Crippen molar-refractivity contribution in [2.24, 2.45) is 0 Å². The van der Waals surface area contributed by atoms with Gasteiger partial charge >= 0.3 is 17.8 Å². The number of rotatable bonds is 7. The summed E-state index contributed by atoms with van der Waals surface area (Å²) in [4.78, 5) is 49.8. The molecule has 0 radical (unpaired) electrons. The number of benzene rings is 1. The third-order valence-electron chi connectivity index (χ3n) is 5.18. The predicted octanol–water partition coefficient (Wildman–Crippen LogP) is 2.63. The fourth-order valence-corrected chi connectivity index (χ4v) is 3.61. The second kappa shape index (κ2) is 10.5. The number of carbonyl (C=O) groups is 2. The summed E-state index contributed by atoms with van der Waals surface area (Å²) in [6, 6.07) is 6.16. The van der Waals surface area contributed by atoms with Crippen LogP contribution in [0.5, 0.6) is 0 Å². The molecule has 180 valence electrons. The van der Waals surface area contributed by atoms with Gasteiger partial charge in [-0.25, -0.2) is 14.4 Å². The zero-order chi connectivity index (χ0) is 24.9. The van der Waals surface area contributed by atoms with Gasteiger partial charge in [0.1, 0.15) is 11.6 Å². The number of esters is 1. The molecule has 1 amide bonds. The van der Waals surface area contributed by atoms with E-state index in [0.29, 0.717) is 23.4 Å². The molecule has 1 heterocycles. The van der Waals surface area contributed by atoms with Gasteiger partial charge in [-0.2, -0.15) is 0 Å². The number of nitrogens with one attached hydrogen (secondary N) is 1. The lowest BCUT2D eigenvalue weighted by atomic mass is 10.00. The predicted molar refractivity (Wildman–Crippen MR) is 125 cm³/mol. The van der Waals surface area contributed by atoms with Crippen LogP contribution in [0.1, 0.15) is 45.9 Å². The summed E-state index contributed by atoms with van der Waals surface area (Å²) in [6.07, 6.45) is -0.536. The zero-order valence-corrected chi connectivity index (χ0v) is 20.4. The Labute approximate surface area is 193 Å². The van der Waals surface area contributed by atoms with E-state index >= 15 is 0 Å². The highest BCUT2D eigenvalue weighted by atomic mass is 16.6. The van der Waals surface area contributed by atoms with Crippen LogP contribution < -0.4 is 16.6 Å². The van der Waals surface area contributed by atoms with Crippen molar-refractivity contribution in [3.63, 3.8) is 0 Å². The number of carbonyl (C=O) groups excluding carboxylic acids is 2. The van der Waals surface area contributed by atoms with Crippen molar-refractivity contribution >= 4 is 12.1 Å². The maximum absolute atomic E-state index is 13.0. The average Bonchev–Trinajstić information content (AvgIpc) is 2.73. The van der Waals surface area contributed by atoms with Gasteiger partial charge in [0.25, 0.3) is 5.56 Å². The Morgan fingerprint density at radius 3 is 2.09 bits per heavy atom. The number of nitrogens with zero attached hydrogens (tertiary/aromatic N) is 2. The molecule has 0 bridgehead atoms. The fraction of sp³-hybridized carbons (Fsp3) is 0.500. The number of ether oxygens (including phenoxy) is 2. The topological polar surface area (TPSA) is 109 Å². The van der Waals surface area contributed by atoms with Crippen molar-refractivity contribution in [1.82, 2.24) is 14.5 Å². The van der Waals surface area contributed by atoms with Gasteiger partial charge < -0.3 is 14.8 Å². The van der Waals surface area contributed by atoms with Gasteiger partial charge in [0.2, 0.25) is 0 Å². The molecule has 2 aromatic rings. The van der Waals surface area contributed by atoms with Crippen LogP contribution in [0.25, 0.3) is 11.1 Å². The fourth-order valence-electron chi connectivity index (χ4n) is 3.61. The monoisotopic (exact) mass is 459 g/mol. The number of hydrogen-bond donors (Lipinski definition) is 1. The highest BCUT2D eigenvalue weighted by molar-refractivity contribution is 5.81. The third kappa shape index (κ3) is 6.12. The molecule has 1 aromatic heterocycles. The standard InChI is InChI=1S/C24H33N3O6/c1-8-26-15(3)19(20(28)27(9-2)23(26)31)17-12-10-16(11-13-17)14-18(21(29)32-7)25-22(30)33-24(4,5)6/h10-13,18H,8-9,14H2,1-7H3,(H,25,30). The van der Waals surface area contributed by atoms with Gasteiger partial charge in [0, 0.05) is 25.2 Å². The minimum Gasteiger partial charge on any atom is -0.467 e. The number of methoxy groups -OCH3 is 1. The average molecular weight is 460 g/mol. The molecule has 0 aliphatic heterocycles. The van der Waals surface area contributed by atoms with E-state index in [1.54, 1.807) is 63.5 Å². The Morgan fingerprint density at radius 2 is 1.61 bits per heavy atom. The number of aromatic nitrogens is 2. The first kappa shape index (κ1) is 25.9. The lowest BCUT2D eigenvalue weighted by Crippen LogP contribution is -2.45. The van der Waals surface area contributed by atoms with E-state index in [2.05, 4.69) is 5.32 Å². The van der Waals surface area contributed by atoms with Crippen molar-refractivity contribution in [3.05, 3.63) is 56.4 Å². The van der Waals surface area contributed by atoms with E-state index in [1.165, 1.54) is 11.7 Å². The smallest absolute Gasteiger partial charge is 0.408 e. The molecule has 9 nitrogen and oxygen atoms in total. The summed E-state index contributed by atoms with van der Waals surface area (Å²) in [7, 11) is 1.25. The van der Waals surface area contributed by atoms with Crippen molar-refractivity contribution in [3.8, 4) is 11.1 Å². The van der Waals surface area contributed by atoms with Crippen molar-refractivity contribution < 1.29 is 19.1 Å². The van der Waals surface area contributed by atoms with E-state index in [4.69, 9.17) is 9.47 Å². The second-order valence-electron chi connectivity index (χ2n) is 8.66. The number of amides is 1. The number of alkyl carbamates (subject to hydrolysis) is 1. The van der Waals surface area contributed by atoms with Gasteiger partial charge in [-0.15, -0.1) is 0 Å². The molecule has 1 unspecified atom stereocenters. The Balaban J connectivity index is 2.36. The maximum atomic E-state index is 13.0. The van der Waals surface area contributed by atoms with E-state index in [9.17, 15) is 19.2 Å². The molecule has 1 atom stereocenters. The Hall–Kier alpha value is -3.36. The first-order chi connectivity index (χ1) is 15.4. The molecular formula is C24H33N3O6. The maximum Gasteiger partial charge on any atom is 0.408 e. The van der Waals surface area contributed by atoms with Gasteiger partial charge in [-0.1, -0.05) is 24.3 Å². The Morgan fingerprint density at radius 1 is 1.03 bits per heavy atom. The molecule has 0 spiro atoms. The zero-order valence-electron chi connectivity index (χ0n) is 20.4. The SMILES string of the molecule is CCn1c(C)c(-c2ccc(CC(NC(=O)OC(C)(C)C)C(=O)OC)cc2)c(=O)n(CC)c1=O. The van der Waals surface area contributed by atoms with Crippen molar-refractivity contribution in [2.45, 2.75) is 72.7 Å². The molecule has 1 N–H and O–H groups in total. The molecular weight excluding hydrogens is 426 g/mol. The second-order valence-corrected chi connectivity index (χ2v) is 8.66. The van der Waals surface area contributed by atoms with E-state index in [-0.39, 0.29) is 24.2 Å². The molecule has 9 heteroatoms. The summed E-state index contributed by atoms with van der Waals surface area (Å²) >= 11 is 0. The van der Waals surface area contributed by atoms with Gasteiger partial charge in [-0.05, 0) is 52.7 Å². The first-order valence-corrected chi connectivity index (χ1v) is 10.9. The van der Waals surface area contributed by atoms with Gasteiger partial charge in [0.05, 0.1) is 12.7 Å². The summed E-state index contributed by atoms with van der Waals surface area (Å²) in [5.41, 5.74) is 1.12. The lowest BCUT2D eigenvalue weighted by Gasteiger charge is -2.22. The van der Waals surface area contributed by atoms with Crippen molar-refractivity contribution in [1.29, 1.82) is 0 Å². The van der Waals surface area contributed by atoms with Gasteiger partial charge in [0.15, 0.2) is 0 Å². The van der Waals surface area contributed by atoms with Crippen LogP contribution in [0.3, 0.4) is 0 Å². The molecule has 1 aromatic carbocycles. The summed E-state index contributed by atoms with van der Waals surface area (Å²) < 4.78 is 12.8. The summed E-state index contributed by atoms with van der Waals surface area (Å²) in [6.45, 7) is 11.3. The highest BCUT2D eigenvalue weighted by Gasteiger charge is 2.25. The summed E-state index contributed by atoms with van der Waals surface area (Å²) in [5.74, 6) is -0.596. The van der Waals surface area contributed by atoms with Crippen LogP contribution in [0, 0.1) is 6.92 Å². The molecule has 0 saturated carbocycles. The van der Waals surface area contributed by atoms with Crippen LogP contribution in [0.2, 0.25) is 0 Å². The quantitative estimate of drug-likeness (QED) is 0.638. The molecule has 33 heavy (non-hydrogen) atoms. The Bertz CT molecular complexity index is 1120. The molecule has 0 aliphatic carbocycles. The highest BCUT2D eigenvalue weighted by Crippen LogP contribution is 2.20. The third-order valence-corrected chi connectivity index (χ3v) is 5.18. The van der Waals surface area contributed by atoms with Crippen LogP contribution in [-0.2, 0) is 33.8 Å². The van der Waals surface area contributed by atoms with Gasteiger partial charge in [-0.3, -0.25) is 13.9 Å². The molecule has 0 fully saturated rings. The van der Waals surface area contributed by atoms with E-state index in [1.807, 2.05) is 6.92 Å². The Kier molecular flexibility index (Phi) is 8.24. The number of hydrogen-bond acceptors (Lipinski definition) is 6. The van der Waals surface area contributed by atoms with Crippen LogP contribution >= 0.6 is 0 Å². The molecule has 0 saturated heterocycles. The minimum atomic E-state index is -0.934. The van der Waals surface area contributed by atoms with Crippen LogP contribution in [0.15, 0.2) is 33.9 Å². The first-order valence-electron chi connectivity index (χ1n) is 10.9. The largest absolute Gasteiger partial charge is 0.467 e. The van der Waals surface area contributed by atoms with E-state index in [0.717, 1.165) is 5.56 Å². The molecule has 2 rings (SSSR count).